The van der Waals surface area contributed by atoms with Crippen LogP contribution in [0.25, 0.3) is 0 Å². The van der Waals surface area contributed by atoms with Crippen LogP contribution in [-0.4, -0.2) is 52.8 Å². The minimum Gasteiger partial charge on any atom is -0.481 e. The zero-order chi connectivity index (χ0) is 18.4. The van der Waals surface area contributed by atoms with Crippen LogP contribution in [0, 0.1) is 17.2 Å². The van der Waals surface area contributed by atoms with Crippen LogP contribution in [0.3, 0.4) is 0 Å². The minimum absolute atomic E-state index is 0.0810. The lowest BCUT2D eigenvalue weighted by Gasteiger charge is -2.28. The van der Waals surface area contributed by atoms with Gasteiger partial charge < -0.3 is 14.9 Å². The fourth-order valence-electron chi connectivity index (χ4n) is 3.77. The number of amides is 2. The van der Waals surface area contributed by atoms with E-state index in [9.17, 15) is 23.9 Å². The smallest absolute Gasteiger partial charge is 0.311 e. The predicted octanol–water partition coefficient (Wildman–Crippen LogP) is 1.67. The van der Waals surface area contributed by atoms with Gasteiger partial charge in [0, 0.05) is 26.6 Å². The van der Waals surface area contributed by atoms with Gasteiger partial charge in [0.2, 0.25) is 11.8 Å². The van der Waals surface area contributed by atoms with Crippen LogP contribution >= 0.6 is 0 Å². The number of hydrogen-bond acceptors (Lipinski definition) is 3. The Bertz CT molecular complexity index is 720. The second-order valence-corrected chi connectivity index (χ2v) is 7.19. The number of carbonyl (C=O) groups excluding carboxylic acids is 2. The van der Waals surface area contributed by atoms with Crippen molar-refractivity contribution in [1.82, 2.24) is 9.80 Å². The minimum atomic E-state index is -0.949. The fraction of sp³-hybridized carbons (Fsp3) is 0.500. The maximum absolute atomic E-state index is 13.2. The molecule has 25 heavy (non-hydrogen) atoms. The molecule has 3 atom stereocenters. The molecule has 6 nitrogen and oxygen atoms in total. The van der Waals surface area contributed by atoms with E-state index in [1.807, 2.05) is 0 Å². The van der Waals surface area contributed by atoms with Crippen LogP contribution in [0.4, 0.5) is 4.39 Å². The Kier molecular flexibility index (Phi) is 4.26. The van der Waals surface area contributed by atoms with E-state index in [0.29, 0.717) is 18.5 Å². The van der Waals surface area contributed by atoms with Gasteiger partial charge in [0.25, 0.3) is 0 Å². The Morgan fingerprint density at radius 3 is 2.48 bits per heavy atom. The Labute approximate surface area is 145 Å². The highest BCUT2D eigenvalue weighted by molar-refractivity contribution is 5.91. The molecule has 0 radical (unpaired) electrons. The average Bonchev–Trinajstić information content (AvgIpc) is 3.11. The number of likely N-dealkylation sites (tertiary alicyclic amines) is 2. The Morgan fingerprint density at radius 2 is 1.92 bits per heavy atom. The van der Waals surface area contributed by atoms with Gasteiger partial charge in [0.1, 0.15) is 5.82 Å². The molecule has 2 aliphatic heterocycles. The first-order valence-corrected chi connectivity index (χ1v) is 8.26. The number of aliphatic carboxylic acids is 1. The van der Waals surface area contributed by atoms with Gasteiger partial charge in [0.15, 0.2) is 0 Å². The van der Waals surface area contributed by atoms with Gasteiger partial charge in [-0.1, -0.05) is 12.1 Å². The summed E-state index contributed by atoms with van der Waals surface area (Å²) in [4.78, 5) is 39.6. The number of carboxylic acid groups (broad SMARTS) is 1. The van der Waals surface area contributed by atoms with Crippen molar-refractivity contribution in [1.29, 1.82) is 0 Å². The summed E-state index contributed by atoms with van der Waals surface area (Å²) >= 11 is 0. The molecule has 0 bridgehead atoms. The quantitative estimate of drug-likeness (QED) is 0.901. The zero-order valence-corrected chi connectivity index (χ0v) is 14.2. The van der Waals surface area contributed by atoms with Crippen molar-refractivity contribution in [3.05, 3.63) is 35.6 Å². The third kappa shape index (κ3) is 2.99. The number of nitrogens with zero attached hydrogens (tertiary/aromatic N) is 2. The SMILES string of the molecule is CN1C(=O)CC(C(=O)N2CCC(C)(C(=O)O)C2)C1c1ccc(F)cc1. The van der Waals surface area contributed by atoms with Crippen LogP contribution in [0.2, 0.25) is 0 Å². The normalized spacial score (nSPS) is 29.3. The molecule has 1 aromatic carbocycles. The number of rotatable bonds is 3. The molecule has 0 spiro atoms. The third-order valence-corrected chi connectivity index (χ3v) is 5.42. The van der Waals surface area contributed by atoms with Crippen molar-refractivity contribution in [3.8, 4) is 0 Å². The maximum atomic E-state index is 13.2. The summed E-state index contributed by atoms with van der Waals surface area (Å²) in [5, 5.41) is 9.34. The third-order valence-electron chi connectivity index (χ3n) is 5.42. The van der Waals surface area contributed by atoms with E-state index in [1.165, 1.54) is 17.0 Å². The Hall–Kier alpha value is -2.44. The molecule has 0 saturated carbocycles. The molecule has 134 valence electrons. The summed E-state index contributed by atoms with van der Waals surface area (Å²) in [6, 6.07) is 5.33. The molecule has 2 saturated heterocycles. The van der Waals surface area contributed by atoms with E-state index in [1.54, 1.807) is 31.0 Å². The van der Waals surface area contributed by atoms with Crippen molar-refractivity contribution >= 4 is 17.8 Å². The first-order chi connectivity index (χ1) is 11.7. The van der Waals surface area contributed by atoms with Crippen LogP contribution in [0.5, 0.6) is 0 Å². The number of carbonyl (C=O) groups is 3. The molecule has 2 fully saturated rings. The standard InChI is InChI=1S/C18H21FN2O4/c1-18(17(24)25)7-8-21(10-18)16(23)13-9-14(22)20(2)15(13)11-3-5-12(19)6-4-11/h3-6,13,15H,7-10H2,1-2H3,(H,24,25). The highest BCUT2D eigenvalue weighted by atomic mass is 19.1. The Balaban J connectivity index is 1.84. The molecule has 7 heteroatoms. The number of carboxylic acids is 1. The first-order valence-electron chi connectivity index (χ1n) is 8.26. The van der Waals surface area contributed by atoms with Gasteiger partial charge in [-0.15, -0.1) is 0 Å². The van der Waals surface area contributed by atoms with Gasteiger partial charge in [-0.25, -0.2) is 4.39 Å². The van der Waals surface area contributed by atoms with E-state index in [0.717, 1.165) is 0 Å². The van der Waals surface area contributed by atoms with Gasteiger partial charge in [-0.3, -0.25) is 14.4 Å². The monoisotopic (exact) mass is 348 g/mol. The molecule has 3 rings (SSSR count). The highest BCUT2D eigenvalue weighted by Crippen LogP contribution is 2.40. The van der Waals surface area contributed by atoms with Crippen LogP contribution in [0.1, 0.15) is 31.4 Å². The average molecular weight is 348 g/mol. The lowest BCUT2D eigenvalue weighted by Crippen LogP contribution is -2.39. The molecule has 0 aromatic heterocycles. The van der Waals surface area contributed by atoms with E-state index in [2.05, 4.69) is 0 Å². The summed E-state index contributed by atoms with van der Waals surface area (Å²) in [6.07, 6.45) is 0.476. The molecule has 1 N–H and O–H groups in total. The lowest BCUT2D eigenvalue weighted by molar-refractivity contribution is -0.147. The molecule has 3 unspecified atom stereocenters. The van der Waals surface area contributed by atoms with Gasteiger partial charge in [-0.05, 0) is 31.0 Å². The molecule has 2 heterocycles. The number of halogens is 1. The summed E-state index contributed by atoms with van der Waals surface area (Å²) in [7, 11) is 1.63. The van der Waals surface area contributed by atoms with E-state index in [4.69, 9.17) is 0 Å². The zero-order valence-electron chi connectivity index (χ0n) is 14.2. The molecular weight excluding hydrogens is 327 g/mol. The van der Waals surface area contributed by atoms with Gasteiger partial charge in [-0.2, -0.15) is 0 Å². The van der Waals surface area contributed by atoms with E-state index >= 15 is 0 Å². The number of hydrogen-bond donors (Lipinski definition) is 1. The number of benzene rings is 1. The second-order valence-electron chi connectivity index (χ2n) is 7.19. The lowest BCUT2D eigenvalue weighted by atomic mass is 9.90. The molecule has 2 amide bonds. The second kappa shape index (κ2) is 6.13. The molecular formula is C18H21FN2O4. The van der Waals surface area contributed by atoms with Crippen LogP contribution in [-0.2, 0) is 14.4 Å². The van der Waals surface area contributed by atoms with E-state index < -0.39 is 23.3 Å². The van der Waals surface area contributed by atoms with Gasteiger partial charge >= 0.3 is 5.97 Å². The summed E-state index contributed by atoms with van der Waals surface area (Å²) in [6.45, 7) is 2.14. The highest BCUT2D eigenvalue weighted by Gasteiger charge is 2.48. The first kappa shape index (κ1) is 17.4. The summed E-state index contributed by atoms with van der Waals surface area (Å²) in [5.41, 5.74) is -0.247. The van der Waals surface area contributed by atoms with E-state index in [-0.39, 0.29) is 30.6 Å². The summed E-state index contributed by atoms with van der Waals surface area (Å²) in [5.74, 6) is -2.24. The van der Waals surface area contributed by atoms with Crippen molar-refractivity contribution in [3.63, 3.8) is 0 Å². The maximum Gasteiger partial charge on any atom is 0.311 e. The topological polar surface area (TPSA) is 77.9 Å². The van der Waals surface area contributed by atoms with Gasteiger partial charge in [0.05, 0.1) is 17.4 Å². The van der Waals surface area contributed by atoms with Crippen LogP contribution < -0.4 is 0 Å². The fourth-order valence-corrected chi connectivity index (χ4v) is 3.77. The van der Waals surface area contributed by atoms with Crippen molar-refractivity contribution in [2.24, 2.45) is 11.3 Å². The molecule has 0 aliphatic carbocycles. The molecule has 2 aliphatic rings. The Morgan fingerprint density at radius 1 is 1.28 bits per heavy atom. The molecule has 1 aromatic rings. The van der Waals surface area contributed by atoms with Crippen molar-refractivity contribution in [2.45, 2.75) is 25.8 Å². The van der Waals surface area contributed by atoms with Crippen molar-refractivity contribution in [2.75, 3.05) is 20.1 Å². The predicted molar refractivity (Wildman–Crippen MR) is 87.0 cm³/mol. The van der Waals surface area contributed by atoms with Crippen LogP contribution in [0.15, 0.2) is 24.3 Å². The van der Waals surface area contributed by atoms with Crippen molar-refractivity contribution < 1.29 is 23.9 Å². The largest absolute Gasteiger partial charge is 0.481 e. The summed E-state index contributed by atoms with van der Waals surface area (Å²) < 4.78 is 13.2.